The minimum Gasteiger partial charge on any atom is -0.264 e. The molecule has 0 atom stereocenters. The Morgan fingerprint density at radius 3 is 3.08 bits per heavy atom. The minimum absolute atomic E-state index is 0.860. The Morgan fingerprint density at radius 2 is 2.08 bits per heavy atom. The second-order valence-electron chi connectivity index (χ2n) is 2.79. The Labute approximate surface area is 73.9 Å². The smallest absolute Gasteiger partial charge is 0.155 e. The molecule has 4 heteroatoms. The van der Waals surface area contributed by atoms with Gasteiger partial charge in [0.25, 0.3) is 0 Å². The van der Waals surface area contributed by atoms with Crippen LogP contribution in [0.3, 0.4) is 0 Å². The van der Waals surface area contributed by atoms with Crippen LogP contribution in [0.1, 0.15) is 0 Å². The average Bonchev–Trinajstić information content (AvgIpc) is 2.65. The van der Waals surface area contributed by atoms with E-state index in [1.165, 1.54) is 0 Å². The first-order valence-electron chi connectivity index (χ1n) is 3.97. The maximum absolute atomic E-state index is 4.23. The molecule has 0 saturated carbocycles. The lowest BCUT2D eigenvalue weighted by atomic mass is 10.3. The number of nitrogens with zero attached hydrogens (tertiary/aromatic N) is 4. The maximum atomic E-state index is 4.23. The predicted molar refractivity (Wildman–Crippen MR) is 48.3 cm³/mol. The zero-order valence-electron chi connectivity index (χ0n) is 6.75. The monoisotopic (exact) mass is 170 g/mol. The summed E-state index contributed by atoms with van der Waals surface area (Å²) < 4.78 is 1.80. The lowest BCUT2D eigenvalue weighted by molar-refractivity contribution is 0.981. The molecule has 0 saturated heterocycles. The fraction of sp³-hybridized carbons (Fsp3) is 0. The van der Waals surface area contributed by atoms with E-state index in [-0.39, 0.29) is 0 Å². The SMILES string of the molecule is c1cc2c(cn1)cnc1ccnn12. The van der Waals surface area contributed by atoms with Gasteiger partial charge in [0.2, 0.25) is 0 Å². The number of rotatable bonds is 0. The van der Waals surface area contributed by atoms with E-state index in [1.54, 1.807) is 29.3 Å². The van der Waals surface area contributed by atoms with Crippen molar-refractivity contribution in [3.05, 3.63) is 36.9 Å². The summed E-state index contributed by atoms with van der Waals surface area (Å²) in [6, 6.07) is 3.80. The zero-order chi connectivity index (χ0) is 8.67. The molecule has 0 aliphatic rings. The summed E-state index contributed by atoms with van der Waals surface area (Å²) in [5.41, 5.74) is 1.89. The molecule has 3 aromatic heterocycles. The molecule has 0 aliphatic carbocycles. The number of hydrogen-bond acceptors (Lipinski definition) is 3. The molecule has 0 N–H and O–H groups in total. The molecule has 3 heterocycles. The van der Waals surface area contributed by atoms with Crippen LogP contribution in [-0.2, 0) is 0 Å². The van der Waals surface area contributed by atoms with Gasteiger partial charge in [-0.1, -0.05) is 0 Å². The summed E-state index contributed by atoms with van der Waals surface area (Å²) in [7, 11) is 0. The molecule has 0 unspecified atom stereocenters. The van der Waals surface area contributed by atoms with Gasteiger partial charge in [-0.15, -0.1) is 0 Å². The normalized spacial score (nSPS) is 11.1. The number of hydrogen-bond donors (Lipinski definition) is 0. The average molecular weight is 170 g/mol. The van der Waals surface area contributed by atoms with Crippen LogP contribution < -0.4 is 0 Å². The van der Waals surface area contributed by atoms with Crippen molar-refractivity contribution < 1.29 is 0 Å². The third kappa shape index (κ3) is 0.823. The molecule has 0 radical (unpaired) electrons. The lowest BCUT2D eigenvalue weighted by Gasteiger charge is -1.98. The highest BCUT2D eigenvalue weighted by atomic mass is 15.2. The number of pyridine rings is 1. The van der Waals surface area contributed by atoms with Gasteiger partial charge in [-0.05, 0) is 6.07 Å². The minimum atomic E-state index is 0.860. The van der Waals surface area contributed by atoms with E-state index in [0.717, 1.165) is 16.6 Å². The molecule has 13 heavy (non-hydrogen) atoms. The predicted octanol–water partition coefficient (Wildman–Crippen LogP) is 1.28. The van der Waals surface area contributed by atoms with Gasteiger partial charge in [0.15, 0.2) is 5.65 Å². The molecule has 3 aromatic rings. The topological polar surface area (TPSA) is 43.1 Å². The maximum Gasteiger partial charge on any atom is 0.155 e. The van der Waals surface area contributed by atoms with Gasteiger partial charge in [-0.2, -0.15) is 5.10 Å². The molecular formula is C9H6N4. The van der Waals surface area contributed by atoms with E-state index in [4.69, 9.17) is 0 Å². The van der Waals surface area contributed by atoms with Crippen molar-refractivity contribution in [1.29, 1.82) is 0 Å². The molecule has 0 aromatic carbocycles. The van der Waals surface area contributed by atoms with E-state index in [1.807, 2.05) is 12.1 Å². The van der Waals surface area contributed by atoms with Crippen molar-refractivity contribution in [2.45, 2.75) is 0 Å². The fourth-order valence-corrected chi connectivity index (χ4v) is 1.41. The summed E-state index contributed by atoms with van der Waals surface area (Å²) >= 11 is 0. The van der Waals surface area contributed by atoms with Crippen molar-refractivity contribution in [3.63, 3.8) is 0 Å². The van der Waals surface area contributed by atoms with E-state index in [0.29, 0.717) is 0 Å². The third-order valence-corrected chi connectivity index (χ3v) is 2.01. The van der Waals surface area contributed by atoms with E-state index < -0.39 is 0 Å². The van der Waals surface area contributed by atoms with E-state index in [2.05, 4.69) is 15.1 Å². The Hall–Kier alpha value is -1.97. The van der Waals surface area contributed by atoms with Crippen molar-refractivity contribution in [1.82, 2.24) is 19.6 Å². The first kappa shape index (κ1) is 6.54. The Balaban J connectivity index is 2.65. The molecule has 0 amide bonds. The van der Waals surface area contributed by atoms with E-state index >= 15 is 0 Å². The first-order valence-corrected chi connectivity index (χ1v) is 3.97. The number of aromatic nitrogens is 4. The molecule has 0 fully saturated rings. The van der Waals surface area contributed by atoms with Crippen LogP contribution in [0.4, 0.5) is 0 Å². The molecular weight excluding hydrogens is 164 g/mol. The van der Waals surface area contributed by atoms with Gasteiger partial charge >= 0.3 is 0 Å². The standard InChI is InChI=1S/C9H6N4/c1-3-10-5-7-6-11-9-2-4-12-13(9)8(1)7/h1-6H. The van der Waals surface area contributed by atoms with Crippen molar-refractivity contribution in [2.75, 3.05) is 0 Å². The fourth-order valence-electron chi connectivity index (χ4n) is 1.41. The van der Waals surface area contributed by atoms with Crippen molar-refractivity contribution in [2.24, 2.45) is 0 Å². The molecule has 62 valence electrons. The summed E-state index contributed by atoms with van der Waals surface area (Å²) in [5, 5.41) is 5.17. The van der Waals surface area contributed by atoms with Crippen LogP contribution in [0.15, 0.2) is 36.9 Å². The lowest BCUT2D eigenvalue weighted by Crippen LogP contribution is -1.92. The second-order valence-corrected chi connectivity index (χ2v) is 2.79. The highest BCUT2D eigenvalue weighted by molar-refractivity contribution is 5.78. The first-order chi connectivity index (χ1) is 6.45. The van der Waals surface area contributed by atoms with Crippen LogP contribution in [0.25, 0.3) is 16.6 Å². The largest absolute Gasteiger partial charge is 0.264 e. The van der Waals surface area contributed by atoms with Gasteiger partial charge in [-0.25, -0.2) is 9.50 Å². The Bertz CT molecular complexity index is 570. The van der Waals surface area contributed by atoms with Gasteiger partial charge in [-0.3, -0.25) is 4.98 Å². The van der Waals surface area contributed by atoms with Gasteiger partial charge in [0, 0.05) is 30.0 Å². The Morgan fingerprint density at radius 1 is 1.08 bits per heavy atom. The van der Waals surface area contributed by atoms with Crippen LogP contribution in [0, 0.1) is 0 Å². The quantitative estimate of drug-likeness (QED) is 0.510. The summed E-state index contributed by atoms with van der Waals surface area (Å²) in [6.07, 6.45) is 7.08. The Kier molecular flexibility index (Phi) is 1.14. The van der Waals surface area contributed by atoms with Gasteiger partial charge in [0.1, 0.15) is 0 Å². The molecule has 0 aliphatic heterocycles. The van der Waals surface area contributed by atoms with Crippen LogP contribution in [-0.4, -0.2) is 19.6 Å². The van der Waals surface area contributed by atoms with Crippen LogP contribution >= 0.6 is 0 Å². The van der Waals surface area contributed by atoms with Crippen molar-refractivity contribution >= 4 is 16.6 Å². The molecule has 4 nitrogen and oxygen atoms in total. The van der Waals surface area contributed by atoms with Crippen molar-refractivity contribution in [3.8, 4) is 0 Å². The molecule has 3 rings (SSSR count). The highest BCUT2D eigenvalue weighted by Gasteiger charge is 1.99. The summed E-state index contributed by atoms with van der Waals surface area (Å²) in [6.45, 7) is 0. The van der Waals surface area contributed by atoms with Crippen LogP contribution in [0.2, 0.25) is 0 Å². The van der Waals surface area contributed by atoms with E-state index in [9.17, 15) is 0 Å². The molecule has 0 spiro atoms. The van der Waals surface area contributed by atoms with Gasteiger partial charge in [0.05, 0.1) is 11.7 Å². The third-order valence-electron chi connectivity index (χ3n) is 2.01. The summed E-state index contributed by atoms with van der Waals surface area (Å²) in [4.78, 5) is 8.25. The van der Waals surface area contributed by atoms with Crippen LogP contribution in [0.5, 0.6) is 0 Å². The zero-order valence-corrected chi connectivity index (χ0v) is 6.75. The second kappa shape index (κ2) is 2.26. The highest BCUT2D eigenvalue weighted by Crippen LogP contribution is 2.11. The number of fused-ring (bicyclic) bond motifs is 3. The molecule has 0 bridgehead atoms. The van der Waals surface area contributed by atoms with Gasteiger partial charge < -0.3 is 0 Å². The summed E-state index contributed by atoms with van der Waals surface area (Å²) in [5.74, 6) is 0.